The van der Waals surface area contributed by atoms with Gasteiger partial charge in [-0.1, -0.05) is 12.1 Å². The predicted molar refractivity (Wildman–Crippen MR) is 74.1 cm³/mol. The van der Waals surface area contributed by atoms with Crippen molar-refractivity contribution in [2.24, 2.45) is 0 Å². The van der Waals surface area contributed by atoms with Gasteiger partial charge in [0, 0.05) is 16.5 Å². The van der Waals surface area contributed by atoms with E-state index in [0.717, 1.165) is 5.39 Å². The number of nitrogens with two attached hydrogens (primary N) is 1. The van der Waals surface area contributed by atoms with E-state index in [-0.39, 0.29) is 16.7 Å². The van der Waals surface area contributed by atoms with Gasteiger partial charge in [-0.3, -0.25) is 4.79 Å². The van der Waals surface area contributed by atoms with Gasteiger partial charge in [0.25, 0.3) is 0 Å². The third-order valence-electron chi connectivity index (χ3n) is 3.00. The lowest BCUT2D eigenvalue weighted by Crippen LogP contribution is -2.35. The van der Waals surface area contributed by atoms with Gasteiger partial charge in [-0.15, -0.1) is 0 Å². The lowest BCUT2D eigenvalue weighted by Gasteiger charge is -2.09. The Balaban J connectivity index is 2.46. The van der Waals surface area contributed by atoms with Crippen LogP contribution >= 0.6 is 0 Å². The Bertz CT molecular complexity index is 845. The topological polar surface area (TPSA) is 112 Å². The van der Waals surface area contributed by atoms with E-state index in [4.69, 9.17) is 5.73 Å². The van der Waals surface area contributed by atoms with Crippen LogP contribution in [0.1, 0.15) is 0 Å². The second-order valence-electron chi connectivity index (χ2n) is 4.28. The van der Waals surface area contributed by atoms with Crippen LogP contribution < -0.4 is 16.8 Å². The number of aromatic nitrogens is 2. The summed E-state index contributed by atoms with van der Waals surface area (Å²) in [4.78, 5) is 18.2. The molecule has 0 bridgehead atoms. The minimum atomic E-state index is -1.70. The van der Waals surface area contributed by atoms with Gasteiger partial charge in [0.05, 0.1) is 22.8 Å². The smallest absolute Gasteiger partial charge is 0.422 e. The van der Waals surface area contributed by atoms with Crippen molar-refractivity contribution in [3.05, 3.63) is 40.7 Å². The molecule has 19 heavy (non-hydrogen) atoms. The Morgan fingerprint density at radius 1 is 1.21 bits per heavy atom. The van der Waals surface area contributed by atoms with Crippen molar-refractivity contribution >= 4 is 40.2 Å². The number of benzene rings is 1. The van der Waals surface area contributed by atoms with E-state index in [1.807, 2.05) is 0 Å². The average molecular weight is 255 g/mol. The van der Waals surface area contributed by atoms with Crippen LogP contribution in [0.4, 0.5) is 5.69 Å². The molecule has 2 aromatic heterocycles. The minimum absolute atomic E-state index is 0.105. The molecule has 0 spiro atoms. The SMILES string of the molecule is Nc1cc2ccc3cc(=O)cnc3c2[nH]c1B(O)O. The van der Waals surface area contributed by atoms with Crippen LogP contribution in [0, 0.1) is 0 Å². The zero-order valence-corrected chi connectivity index (χ0v) is 9.79. The largest absolute Gasteiger partial charge is 0.507 e. The highest BCUT2D eigenvalue weighted by Gasteiger charge is 2.17. The molecule has 0 radical (unpaired) electrons. The first-order valence-electron chi connectivity index (χ1n) is 5.63. The number of nitrogens with one attached hydrogen (secondary N) is 1. The third-order valence-corrected chi connectivity index (χ3v) is 3.00. The van der Waals surface area contributed by atoms with Gasteiger partial charge in [0.2, 0.25) is 0 Å². The molecule has 7 heteroatoms. The molecule has 0 aliphatic heterocycles. The standard InChI is InChI=1S/C12H10BN3O3/c14-9-4-7-2-1-6-3-8(17)5-15-10(6)11(7)16-12(9)13(18)19/h1-5,16,18-19H,14H2. The molecule has 5 N–H and O–H groups in total. The number of hydrogen-bond donors (Lipinski definition) is 4. The fraction of sp³-hybridized carbons (Fsp3) is 0. The molecular weight excluding hydrogens is 245 g/mol. The number of fused-ring (bicyclic) bond motifs is 3. The van der Waals surface area contributed by atoms with Gasteiger partial charge in [-0.05, 0) is 12.1 Å². The van der Waals surface area contributed by atoms with Crippen molar-refractivity contribution < 1.29 is 10.0 Å². The Morgan fingerprint density at radius 2 is 1.95 bits per heavy atom. The second kappa shape index (κ2) is 4.08. The van der Waals surface area contributed by atoms with Crippen LogP contribution in [0.2, 0.25) is 0 Å². The maximum atomic E-state index is 11.3. The average Bonchev–Trinajstić information content (AvgIpc) is 2.37. The maximum Gasteiger partial charge on any atom is 0.507 e. The second-order valence-corrected chi connectivity index (χ2v) is 4.28. The molecule has 0 saturated carbocycles. The molecule has 0 amide bonds. The van der Waals surface area contributed by atoms with E-state index < -0.39 is 7.12 Å². The molecule has 0 saturated heterocycles. The summed E-state index contributed by atoms with van der Waals surface area (Å²) in [5.74, 6) is 0. The number of H-pyrrole nitrogens is 1. The predicted octanol–water partition coefficient (Wildman–Crippen LogP) is -0.662. The van der Waals surface area contributed by atoms with Crippen molar-refractivity contribution in [3.8, 4) is 0 Å². The molecule has 3 rings (SSSR count). The van der Waals surface area contributed by atoms with Crippen LogP contribution in [0.25, 0.3) is 21.8 Å². The summed E-state index contributed by atoms with van der Waals surface area (Å²) in [6.45, 7) is 0. The molecule has 0 fully saturated rings. The molecule has 0 aliphatic carbocycles. The van der Waals surface area contributed by atoms with E-state index in [9.17, 15) is 14.8 Å². The fourth-order valence-corrected chi connectivity index (χ4v) is 2.11. The first kappa shape index (κ1) is 11.7. The normalized spacial score (nSPS) is 11.1. The Labute approximate surface area is 107 Å². The summed E-state index contributed by atoms with van der Waals surface area (Å²) < 4.78 is 0. The molecule has 0 atom stereocenters. The van der Waals surface area contributed by atoms with Crippen LogP contribution in [-0.4, -0.2) is 27.1 Å². The van der Waals surface area contributed by atoms with E-state index in [2.05, 4.69) is 9.97 Å². The highest BCUT2D eigenvalue weighted by atomic mass is 16.4. The van der Waals surface area contributed by atoms with Gasteiger partial charge in [-0.2, -0.15) is 0 Å². The number of aromatic amines is 1. The summed E-state index contributed by atoms with van der Waals surface area (Å²) in [7, 11) is -1.70. The lowest BCUT2D eigenvalue weighted by molar-refractivity contribution is 0.424. The van der Waals surface area contributed by atoms with Crippen molar-refractivity contribution in [1.29, 1.82) is 0 Å². The number of anilines is 1. The van der Waals surface area contributed by atoms with Crippen molar-refractivity contribution in [1.82, 2.24) is 9.97 Å². The number of hydrogen-bond acceptors (Lipinski definition) is 5. The van der Waals surface area contributed by atoms with E-state index >= 15 is 0 Å². The number of nitrogens with zero attached hydrogens (tertiary/aromatic N) is 1. The highest BCUT2D eigenvalue weighted by molar-refractivity contribution is 6.59. The molecule has 3 aromatic rings. The molecule has 0 unspecified atom stereocenters. The van der Waals surface area contributed by atoms with E-state index in [0.29, 0.717) is 16.4 Å². The first-order chi connectivity index (χ1) is 9.06. The monoisotopic (exact) mass is 255 g/mol. The number of nitrogen functional groups attached to an aromatic ring is 1. The molecule has 6 nitrogen and oxygen atoms in total. The highest BCUT2D eigenvalue weighted by Crippen LogP contribution is 2.21. The van der Waals surface area contributed by atoms with Crippen LogP contribution in [0.5, 0.6) is 0 Å². The van der Waals surface area contributed by atoms with Crippen LogP contribution in [0.3, 0.4) is 0 Å². The molecule has 1 aromatic carbocycles. The molecule has 0 aliphatic rings. The summed E-state index contributed by atoms with van der Waals surface area (Å²) in [6.07, 6.45) is 1.22. The molecule has 2 heterocycles. The maximum absolute atomic E-state index is 11.3. The first-order valence-corrected chi connectivity index (χ1v) is 5.63. The summed E-state index contributed by atoms with van der Waals surface area (Å²) in [5.41, 5.74) is 7.10. The van der Waals surface area contributed by atoms with Gasteiger partial charge in [0.15, 0.2) is 5.43 Å². The van der Waals surface area contributed by atoms with E-state index in [1.54, 1.807) is 18.2 Å². The Kier molecular flexibility index (Phi) is 2.51. The molecular formula is C12H10BN3O3. The Morgan fingerprint density at radius 3 is 2.68 bits per heavy atom. The fourth-order valence-electron chi connectivity index (χ4n) is 2.11. The number of rotatable bonds is 1. The lowest BCUT2D eigenvalue weighted by atomic mass is 9.84. The summed E-state index contributed by atoms with van der Waals surface area (Å²) in [6, 6.07) is 6.67. The minimum Gasteiger partial charge on any atom is -0.422 e. The van der Waals surface area contributed by atoms with Gasteiger partial charge < -0.3 is 20.8 Å². The van der Waals surface area contributed by atoms with Crippen molar-refractivity contribution in [3.63, 3.8) is 0 Å². The zero-order valence-electron chi connectivity index (χ0n) is 9.79. The van der Waals surface area contributed by atoms with E-state index in [1.165, 1.54) is 12.3 Å². The van der Waals surface area contributed by atoms with Gasteiger partial charge in [-0.25, -0.2) is 4.98 Å². The van der Waals surface area contributed by atoms with Crippen molar-refractivity contribution in [2.45, 2.75) is 0 Å². The van der Waals surface area contributed by atoms with Gasteiger partial charge in [0.1, 0.15) is 0 Å². The van der Waals surface area contributed by atoms with Crippen LogP contribution in [0.15, 0.2) is 35.3 Å². The van der Waals surface area contributed by atoms with Crippen molar-refractivity contribution in [2.75, 3.05) is 5.73 Å². The molecule has 94 valence electrons. The summed E-state index contributed by atoms with van der Waals surface area (Å²) >= 11 is 0. The quantitative estimate of drug-likeness (QED) is 0.340. The van der Waals surface area contributed by atoms with Gasteiger partial charge >= 0.3 is 7.12 Å². The zero-order chi connectivity index (χ0) is 13.6. The number of pyridine rings is 2. The summed E-state index contributed by atoms with van der Waals surface area (Å²) in [5, 5.41) is 20.0. The van der Waals surface area contributed by atoms with Crippen LogP contribution in [-0.2, 0) is 0 Å². The Hall–Kier alpha value is -2.38. The third kappa shape index (κ3) is 1.85.